The predicted molar refractivity (Wildman–Crippen MR) is 100 cm³/mol. The molecule has 0 fully saturated rings. The molecule has 0 spiro atoms. The molecular weight excluding hydrogens is 439 g/mol. The van der Waals surface area contributed by atoms with Gasteiger partial charge in [-0.05, 0) is 6.07 Å². The monoisotopic (exact) mass is 445 g/mol. The van der Waals surface area contributed by atoms with Gasteiger partial charge in [0.25, 0.3) is 0 Å². The minimum absolute atomic E-state index is 0.161. The standard InChI is InChI=1S/C14H9Cl6N3O/c1-3-7-4-5-8(6-9(7)24-2)10-21-11(13(15,16)17)23-12(22-10)14(18,19)20/h3-6H,1H2,2H3. The highest BCUT2D eigenvalue weighted by Crippen LogP contribution is 2.41. The van der Waals surface area contributed by atoms with Crippen LogP contribution in [0.15, 0.2) is 24.8 Å². The number of aromatic nitrogens is 3. The summed E-state index contributed by atoms with van der Waals surface area (Å²) in [5.41, 5.74) is 1.35. The number of methoxy groups -OCH3 is 1. The Balaban J connectivity index is 2.67. The van der Waals surface area contributed by atoms with Crippen molar-refractivity contribution in [1.29, 1.82) is 0 Å². The number of halogens is 6. The van der Waals surface area contributed by atoms with E-state index in [9.17, 15) is 0 Å². The van der Waals surface area contributed by atoms with E-state index >= 15 is 0 Å². The molecule has 0 bridgehead atoms. The first-order valence-electron chi connectivity index (χ1n) is 6.27. The van der Waals surface area contributed by atoms with Gasteiger partial charge in [0, 0.05) is 11.1 Å². The number of rotatable bonds is 3. The van der Waals surface area contributed by atoms with Crippen LogP contribution in [0.5, 0.6) is 5.75 Å². The zero-order valence-electron chi connectivity index (χ0n) is 12.0. The van der Waals surface area contributed by atoms with E-state index in [-0.39, 0.29) is 17.5 Å². The second-order valence-electron chi connectivity index (χ2n) is 4.46. The van der Waals surface area contributed by atoms with Gasteiger partial charge in [-0.2, -0.15) is 0 Å². The zero-order valence-corrected chi connectivity index (χ0v) is 16.6. The summed E-state index contributed by atoms with van der Waals surface area (Å²) in [4.78, 5) is 12.2. The first kappa shape index (κ1) is 19.8. The maximum Gasteiger partial charge on any atom is 0.250 e. The predicted octanol–water partition coefficient (Wildman–Crippen LogP) is 5.84. The molecule has 0 amide bonds. The normalized spacial score (nSPS) is 12.1. The van der Waals surface area contributed by atoms with E-state index < -0.39 is 7.59 Å². The second-order valence-corrected chi connectivity index (χ2v) is 9.03. The van der Waals surface area contributed by atoms with E-state index in [0.29, 0.717) is 11.3 Å². The molecule has 0 saturated heterocycles. The SMILES string of the molecule is C=Cc1ccc(-c2nc(C(Cl)(Cl)Cl)nc(C(Cl)(Cl)Cl)n2)cc1OC. The number of alkyl halides is 6. The largest absolute Gasteiger partial charge is 0.496 e. The quantitative estimate of drug-likeness (QED) is 0.554. The molecule has 4 nitrogen and oxygen atoms in total. The van der Waals surface area contributed by atoms with Crippen LogP contribution in [0.3, 0.4) is 0 Å². The molecule has 10 heteroatoms. The molecule has 1 aromatic heterocycles. The maximum absolute atomic E-state index is 5.86. The average Bonchev–Trinajstić information content (AvgIpc) is 2.52. The van der Waals surface area contributed by atoms with Crippen molar-refractivity contribution < 1.29 is 4.74 Å². The molecule has 0 aliphatic carbocycles. The lowest BCUT2D eigenvalue weighted by atomic mass is 10.1. The third-order valence-corrected chi connectivity index (χ3v) is 3.87. The zero-order chi connectivity index (χ0) is 18.1. The summed E-state index contributed by atoms with van der Waals surface area (Å²) in [5.74, 6) is 0.409. The van der Waals surface area contributed by atoms with E-state index in [2.05, 4.69) is 21.5 Å². The van der Waals surface area contributed by atoms with Crippen LogP contribution in [0.2, 0.25) is 0 Å². The first-order chi connectivity index (χ1) is 11.1. The molecule has 0 aliphatic rings. The number of hydrogen-bond acceptors (Lipinski definition) is 4. The highest BCUT2D eigenvalue weighted by Gasteiger charge is 2.34. The molecule has 0 aliphatic heterocycles. The Kier molecular flexibility index (Phi) is 6.12. The molecule has 0 radical (unpaired) electrons. The number of ether oxygens (including phenoxy) is 1. The van der Waals surface area contributed by atoms with Gasteiger partial charge in [-0.1, -0.05) is 94.4 Å². The van der Waals surface area contributed by atoms with Crippen molar-refractivity contribution in [1.82, 2.24) is 15.0 Å². The molecule has 2 rings (SSSR count). The van der Waals surface area contributed by atoms with Crippen molar-refractivity contribution in [3.8, 4) is 17.1 Å². The molecule has 0 N–H and O–H groups in total. The molecule has 1 aromatic carbocycles. The Hall–Kier alpha value is -0.490. The Morgan fingerprint density at radius 3 is 1.92 bits per heavy atom. The minimum atomic E-state index is -1.91. The second kappa shape index (κ2) is 7.40. The van der Waals surface area contributed by atoms with Crippen molar-refractivity contribution in [2.75, 3.05) is 7.11 Å². The average molecular weight is 448 g/mol. The van der Waals surface area contributed by atoms with Crippen molar-refractivity contribution in [3.05, 3.63) is 42.0 Å². The van der Waals surface area contributed by atoms with Crippen LogP contribution >= 0.6 is 69.6 Å². The Morgan fingerprint density at radius 1 is 0.958 bits per heavy atom. The van der Waals surface area contributed by atoms with Crippen molar-refractivity contribution in [2.24, 2.45) is 0 Å². The van der Waals surface area contributed by atoms with Gasteiger partial charge in [0.15, 0.2) is 17.5 Å². The van der Waals surface area contributed by atoms with Crippen LogP contribution in [-0.2, 0) is 7.59 Å². The lowest BCUT2D eigenvalue weighted by molar-refractivity contribution is 0.414. The molecular formula is C14H9Cl6N3O. The topological polar surface area (TPSA) is 47.9 Å². The Bertz CT molecular complexity index is 738. The third-order valence-electron chi connectivity index (χ3n) is 2.85. The van der Waals surface area contributed by atoms with Crippen LogP contribution in [0.1, 0.15) is 17.2 Å². The van der Waals surface area contributed by atoms with Gasteiger partial charge in [0.1, 0.15) is 5.75 Å². The highest BCUT2D eigenvalue weighted by molar-refractivity contribution is 6.67. The smallest absolute Gasteiger partial charge is 0.250 e. The molecule has 0 unspecified atom stereocenters. The molecule has 0 saturated carbocycles. The Morgan fingerprint density at radius 2 is 1.50 bits per heavy atom. The highest BCUT2D eigenvalue weighted by atomic mass is 35.6. The fourth-order valence-electron chi connectivity index (χ4n) is 1.78. The van der Waals surface area contributed by atoms with Gasteiger partial charge in [-0.15, -0.1) is 0 Å². The Labute approximate surface area is 168 Å². The van der Waals surface area contributed by atoms with E-state index in [4.69, 9.17) is 74.3 Å². The number of hydrogen-bond donors (Lipinski definition) is 0. The fraction of sp³-hybridized carbons (Fsp3) is 0.214. The summed E-state index contributed by atoms with van der Waals surface area (Å²) in [6, 6.07) is 5.20. The summed E-state index contributed by atoms with van der Waals surface area (Å²) in [6.45, 7) is 3.71. The van der Waals surface area contributed by atoms with Crippen LogP contribution in [-0.4, -0.2) is 22.1 Å². The lowest BCUT2D eigenvalue weighted by Gasteiger charge is -2.16. The van der Waals surface area contributed by atoms with Crippen molar-refractivity contribution in [3.63, 3.8) is 0 Å². The number of nitrogens with zero attached hydrogens (tertiary/aromatic N) is 3. The van der Waals surface area contributed by atoms with Gasteiger partial charge in [0.2, 0.25) is 7.59 Å². The molecule has 2 aromatic rings. The molecule has 24 heavy (non-hydrogen) atoms. The first-order valence-corrected chi connectivity index (χ1v) is 8.54. The van der Waals surface area contributed by atoms with Gasteiger partial charge >= 0.3 is 0 Å². The lowest BCUT2D eigenvalue weighted by Crippen LogP contribution is -2.16. The number of benzene rings is 1. The summed E-state index contributed by atoms with van der Waals surface area (Å²) >= 11 is 35.1. The van der Waals surface area contributed by atoms with E-state index in [1.807, 2.05) is 0 Å². The molecule has 0 atom stereocenters. The van der Waals surface area contributed by atoms with Crippen LogP contribution in [0.4, 0.5) is 0 Å². The van der Waals surface area contributed by atoms with Gasteiger partial charge < -0.3 is 4.74 Å². The summed E-state index contributed by atoms with van der Waals surface area (Å²) in [6.07, 6.45) is 1.65. The maximum atomic E-state index is 5.86. The minimum Gasteiger partial charge on any atom is -0.496 e. The fourth-order valence-corrected chi connectivity index (χ4v) is 2.28. The summed E-state index contributed by atoms with van der Waals surface area (Å²) in [7, 11) is 1.53. The van der Waals surface area contributed by atoms with Crippen molar-refractivity contribution >= 4 is 75.7 Å². The summed E-state index contributed by atoms with van der Waals surface area (Å²) in [5, 5.41) is 0. The van der Waals surface area contributed by atoms with Crippen LogP contribution in [0, 0.1) is 0 Å². The molecule has 128 valence electrons. The van der Waals surface area contributed by atoms with E-state index in [0.717, 1.165) is 5.56 Å². The van der Waals surface area contributed by atoms with Gasteiger partial charge in [0.05, 0.1) is 7.11 Å². The third kappa shape index (κ3) is 4.57. The van der Waals surface area contributed by atoms with Gasteiger partial charge in [-0.25, -0.2) is 15.0 Å². The van der Waals surface area contributed by atoms with Crippen LogP contribution in [0.25, 0.3) is 17.5 Å². The van der Waals surface area contributed by atoms with E-state index in [1.54, 1.807) is 24.3 Å². The van der Waals surface area contributed by atoms with E-state index in [1.165, 1.54) is 7.11 Å². The summed E-state index contributed by atoms with van der Waals surface area (Å²) < 4.78 is 1.48. The molecule has 1 heterocycles. The van der Waals surface area contributed by atoms with Gasteiger partial charge in [-0.3, -0.25) is 0 Å². The van der Waals surface area contributed by atoms with Crippen LogP contribution < -0.4 is 4.74 Å². The van der Waals surface area contributed by atoms with Crippen molar-refractivity contribution in [2.45, 2.75) is 7.59 Å².